The maximum atomic E-state index is 13.9. The molecule has 2 atom stereocenters. The first-order chi connectivity index (χ1) is 16.4. The number of ether oxygens (including phenoxy) is 1. The van der Waals surface area contributed by atoms with Crippen molar-refractivity contribution in [2.24, 2.45) is 0 Å². The van der Waals surface area contributed by atoms with E-state index in [0.717, 1.165) is 12.8 Å². The third-order valence-electron chi connectivity index (χ3n) is 5.11. The molecule has 0 bridgehead atoms. The summed E-state index contributed by atoms with van der Waals surface area (Å²) in [4.78, 5) is 41.4. The second kappa shape index (κ2) is 14.9. The number of para-hydroxylation sites is 1. The second-order valence-electron chi connectivity index (χ2n) is 9.84. The summed E-state index contributed by atoms with van der Waals surface area (Å²) in [6.07, 6.45) is 4.11. The van der Waals surface area contributed by atoms with Crippen LogP contribution in [0.2, 0.25) is 0 Å². The quantitative estimate of drug-likeness (QED) is 0.335. The topological polar surface area (TPSA) is 108 Å². The lowest BCUT2D eigenvalue weighted by Gasteiger charge is -2.35. The van der Waals surface area contributed by atoms with Crippen LogP contribution < -0.4 is 10.6 Å². The van der Waals surface area contributed by atoms with Gasteiger partial charge < -0.3 is 25.4 Å². The van der Waals surface area contributed by atoms with Crippen LogP contribution in [0.15, 0.2) is 24.3 Å². The molecule has 0 radical (unpaired) electrons. The maximum Gasteiger partial charge on any atom is 0.408 e. The van der Waals surface area contributed by atoms with E-state index in [-0.39, 0.29) is 23.6 Å². The van der Waals surface area contributed by atoms with Crippen LogP contribution in [0.3, 0.4) is 0 Å². The fourth-order valence-corrected chi connectivity index (χ4v) is 4.05. The highest BCUT2D eigenvalue weighted by atomic mass is 32.2. The van der Waals surface area contributed by atoms with Crippen LogP contribution in [0.25, 0.3) is 0 Å². The molecule has 1 aromatic carbocycles. The van der Waals surface area contributed by atoms with Crippen LogP contribution in [0.1, 0.15) is 78.8 Å². The van der Waals surface area contributed by atoms with Crippen molar-refractivity contribution in [3.8, 4) is 5.75 Å². The number of nitrogens with one attached hydrogen (secondary N) is 2. The van der Waals surface area contributed by atoms with Gasteiger partial charge in [-0.15, -0.1) is 0 Å². The molecule has 1 rings (SSSR count). The zero-order valence-electron chi connectivity index (χ0n) is 22.2. The molecule has 35 heavy (non-hydrogen) atoms. The highest BCUT2D eigenvalue weighted by Crippen LogP contribution is 2.30. The van der Waals surface area contributed by atoms with Gasteiger partial charge in [0, 0.05) is 18.2 Å². The monoisotopic (exact) mass is 509 g/mol. The Hall–Kier alpha value is -2.42. The maximum absolute atomic E-state index is 13.9. The zero-order valence-corrected chi connectivity index (χ0v) is 23.0. The van der Waals surface area contributed by atoms with Crippen LogP contribution >= 0.6 is 11.8 Å². The molecule has 0 saturated heterocycles. The van der Waals surface area contributed by atoms with E-state index in [4.69, 9.17) is 4.74 Å². The summed E-state index contributed by atoms with van der Waals surface area (Å²) in [6.45, 7) is 11.3. The van der Waals surface area contributed by atoms with E-state index in [1.807, 2.05) is 20.1 Å². The first-order valence-electron chi connectivity index (χ1n) is 12.3. The number of benzene rings is 1. The van der Waals surface area contributed by atoms with Crippen molar-refractivity contribution in [1.29, 1.82) is 0 Å². The third-order valence-corrected chi connectivity index (χ3v) is 5.75. The molecule has 0 aromatic heterocycles. The van der Waals surface area contributed by atoms with E-state index >= 15 is 0 Å². The average molecular weight is 510 g/mol. The number of aromatic hydroxyl groups is 1. The Balaban J connectivity index is 3.45. The standard InChI is InChI=1S/C26H43N3O5S/c1-8-9-12-16-29(22(23(31)27-18(2)3)19-13-10-11-14-21(19)30)24(32)20(15-17-35-7)28-25(33)34-26(4,5)6/h10-11,13-14,18,20,22,30H,8-9,12,15-17H2,1-7H3,(H,27,31)(H,28,33). The molecule has 198 valence electrons. The minimum atomic E-state index is -1.04. The minimum absolute atomic E-state index is 0.0644. The second-order valence-corrected chi connectivity index (χ2v) is 10.8. The Morgan fingerprint density at radius 3 is 2.31 bits per heavy atom. The zero-order chi connectivity index (χ0) is 26.6. The summed E-state index contributed by atoms with van der Waals surface area (Å²) in [7, 11) is 0. The number of carbonyl (C=O) groups excluding carboxylic acids is 3. The SMILES string of the molecule is CCCCCN(C(=O)C(CCSC)NC(=O)OC(C)(C)C)C(C(=O)NC(C)C)c1ccccc1O. The summed E-state index contributed by atoms with van der Waals surface area (Å²) in [6, 6.07) is 4.48. The Morgan fingerprint density at radius 1 is 1.11 bits per heavy atom. The molecule has 0 spiro atoms. The predicted octanol–water partition coefficient (Wildman–Crippen LogP) is 4.62. The molecule has 2 unspecified atom stereocenters. The number of amides is 3. The molecule has 0 aliphatic heterocycles. The van der Waals surface area contributed by atoms with Crippen molar-refractivity contribution in [2.45, 2.75) is 91.0 Å². The fourth-order valence-electron chi connectivity index (χ4n) is 3.57. The Morgan fingerprint density at radius 2 is 1.77 bits per heavy atom. The summed E-state index contributed by atoms with van der Waals surface area (Å²) in [5.74, 6) is -0.195. The van der Waals surface area contributed by atoms with Crippen molar-refractivity contribution < 1.29 is 24.2 Å². The molecule has 0 saturated carbocycles. The molecule has 8 nitrogen and oxygen atoms in total. The Kier molecular flexibility index (Phi) is 13.0. The number of thioether (sulfide) groups is 1. The van der Waals surface area contributed by atoms with Crippen molar-refractivity contribution >= 4 is 29.7 Å². The van der Waals surface area contributed by atoms with Crippen LogP contribution in [0, 0.1) is 0 Å². The van der Waals surface area contributed by atoms with Gasteiger partial charge in [-0.2, -0.15) is 11.8 Å². The van der Waals surface area contributed by atoms with Gasteiger partial charge >= 0.3 is 6.09 Å². The van der Waals surface area contributed by atoms with Crippen molar-refractivity contribution in [3.05, 3.63) is 29.8 Å². The van der Waals surface area contributed by atoms with E-state index < -0.39 is 23.8 Å². The first-order valence-corrected chi connectivity index (χ1v) is 13.7. The van der Waals surface area contributed by atoms with Crippen molar-refractivity contribution in [1.82, 2.24) is 15.5 Å². The number of alkyl carbamates (subject to hydrolysis) is 1. The van der Waals surface area contributed by atoms with E-state index in [9.17, 15) is 19.5 Å². The van der Waals surface area contributed by atoms with Crippen LogP contribution in [-0.2, 0) is 14.3 Å². The van der Waals surface area contributed by atoms with E-state index in [0.29, 0.717) is 30.7 Å². The van der Waals surface area contributed by atoms with Gasteiger partial charge in [0.05, 0.1) is 0 Å². The smallest absolute Gasteiger partial charge is 0.408 e. The lowest BCUT2D eigenvalue weighted by atomic mass is 10.0. The van der Waals surface area contributed by atoms with Crippen LogP contribution in [0.5, 0.6) is 5.75 Å². The van der Waals surface area contributed by atoms with Gasteiger partial charge in [-0.25, -0.2) is 4.79 Å². The summed E-state index contributed by atoms with van der Waals surface area (Å²) >= 11 is 1.56. The van der Waals surface area contributed by atoms with Gasteiger partial charge in [0.25, 0.3) is 0 Å². The summed E-state index contributed by atoms with van der Waals surface area (Å²) < 4.78 is 5.39. The number of hydrogen-bond donors (Lipinski definition) is 3. The fraction of sp³-hybridized carbons (Fsp3) is 0.654. The van der Waals surface area contributed by atoms with Gasteiger partial charge in [-0.3, -0.25) is 9.59 Å². The normalized spacial score (nSPS) is 13.1. The molecule has 0 aliphatic carbocycles. The number of nitrogens with zero attached hydrogens (tertiary/aromatic N) is 1. The largest absolute Gasteiger partial charge is 0.508 e. The molecule has 9 heteroatoms. The van der Waals surface area contributed by atoms with E-state index in [1.54, 1.807) is 50.7 Å². The van der Waals surface area contributed by atoms with Crippen molar-refractivity contribution in [2.75, 3.05) is 18.6 Å². The number of rotatable bonds is 13. The van der Waals surface area contributed by atoms with E-state index in [2.05, 4.69) is 17.6 Å². The highest BCUT2D eigenvalue weighted by molar-refractivity contribution is 7.98. The Bertz CT molecular complexity index is 825. The lowest BCUT2D eigenvalue weighted by molar-refractivity contribution is -0.142. The first kappa shape index (κ1) is 30.6. The predicted molar refractivity (Wildman–Crippen MR) is 142 cm³/mol. The molecule has 0 heterocycles. The molecule has 3 amide bonds. The van der Waals surface area contributed by atoms with Crippen molar-refractivity contribution in [3.63, 3.8) is 0 Å². The number of carbonyl (C=O) groups is 3. The van der Waals surface area contributed by atoms with Gasteiger partial charge in [0.2, 0.25) is 11.8 Å². The Labute approximate surface area is 214 Å². The summed E-state index contributed by atoms with van der Waals surface area (Å²) in [5, 5.41) is 16.2. The average Bonchev–Trinajstić information content (AvgIpc) is 2.74. The molecule has 1 aromatic rings. The number of unbranched alkanes of at least 4 members (excludes halogenated alkanes) is 2. The van der Waals surface area contributed by atoms with Gasteiger partial charge in [-0.1, -0.05) is 38.0 Å². The lowest BCUT2D eigenvalue weighted by Crippen LogP contribution is -2.54. The molecular weight excluding hydrogens is 466 g/mol. The van der Waals surface area contributed by atoms with Crippen LogP contribution in [0.4, 0.5) is 4.79 Å². The summed E-state index contributed by atoms with van der Waals surface area (Å²) in [5.41, 5.74) is -0.371. The minimum Gasteiger partial charge on any atom is -0.508 e. The molecule has 3 N–H and O–H groups in total. The highest BCUT2D eigenvalue weighted by Gasteiger charge is 2.37. The van der Waals surface area contributed by atoms with Crippen LogP contribution in [-0.4, -0.2) is 64.2 Å². The molecular formula is C26H43N3O5S. The molecule has 0 aliphatic rings. The van der Waals surface area contributed by atoms with E-state index in [1.165, 1.54) is 11.0 Å². The van der Waals surface area contributed by atoms with Gasteiger partial charge in [0.15, 0.2) is 0 Å². The molecule has 0 fully saturated rings. The van der Waals surface area contributed by atoms with Gasteiger partial charge in [-0.05, 0) is 65.5 Å². The van der Waals surface area contributed by atoms with Gasteiger partial charge in [0.1, 0.15) is 23.4 Å². The number of phenolic OH excluding ortho intramolecular Hbond substituents is 1. The number of hydrogen-bond acceptors (Lipinski definition) is 6. The number of phenols is 1. The third kappa shape index (κ3) is 10.8.